The summed E-state index contributed by atoms with van der Waals surface area (Å²) in [7, 11) is 0. The molecule has 0 fully saturated rings. The topological polar surface area (TPSA) is 81.2 Å². The lowest BCUT2D eigenvalue weighted by molar-refractivity contribution is 0.0940. The van der Waals surface area contributed by atoms with Crippen LogP contribution in [-0.4, -0.2) is 17.1 Å². The first kappa shape index (κ1) is 14.1. The number of hydrogen-bond donors (Lipinski definition) is 2. The molecule has 0 radical (unpaired) electrons. The first-order chi connectivity index (χ1) is 9.47. The number of nitrogens with one attached hydrogen (secondary N) is 1. The maximum atomic E-state index is 12.1. The van der Waals surface area contributed by atoms with Crippen LogP contribution in [0.1, 0.15) is 34.3 Å². The molecule has 0 saturated carbocycles. The Morgan fingerprint density at radius 3 is 2.80 bits per heavy atom. The van der Waals surface area contributed by atoms with Crippen LogP contribution in [0.3, 0.4) is 0 Å². The molecule has 0 bridgehead atoms. The van der Waals surface area contributed by atoms with E-state index in [1.165, 1.54) is 0 Å². The van der Waals surface area contributed by atoms with Crippen molar-refractivity contribution in [1.82, 2.24) is 10.5 Å². The van der Waals surface area contributed by atoms with E-state index in [-0.39, 0.29) is 11.9 Å². The van der Waals surface area contributed by atoms with Gasteiger partial charge in [-0.05, 0) is 45.4 Å². The first-order valence-electron chi connectivity index (χ1n) is 6.55. The van der Waals surface area contributed by atoms with Gasteiger partial charge < -0.3 is 15.6 Å². The van der Waals surface area contributed by atoms with Gasteiger partial charge in [-0.15, -0.1) is 0 Å². The van der Waals surface area contributed by atoms with Gasteiger partial charge in [0.25, 0.3) is 5.91 Å². The molecule has 1 heterocycles. The van der Waals surface area contributed by atoms with Crippen LogP contribution in [0.2, 0.25) is 0 Å². The van der Waals surface area contributed by atoms with Crippen molar-refractivity contribution in [3.63, 3.8) is 0 Å². The third-order valence-electron chi connectivity index (χ3n) is 3.22. The summed E-state index contributed by atoms with van der Waals surface area (Å²) in [5.41, 5.74) is 8.74. The molecule has 1 aromatic heterocycles. The Hall–Kier alpha value is -2.30. The minimum Gasteiger partial charge on any atom is -0.399 e. The number of aromatic nitrogens is 1. The highest BCUT2D eigenvalue weighted by Crippen LogP contribution is 2.15. The number of anilines is 1. The molecule has 0 aliphatic carbocycles. The number of amides is 1. The van der Waals surface area contributed by atoms with E-state index in [1.807, 2.05) is 20.8 Å². The standard InChI is InChI=1S/C15H19N3O2/c1-9(7-14-10(2)18-20-11(14)3)17-15(19)12-5-4-6-13(16)8-12/h4-6,8-9H,7,16H2,1-3H3,(H,17,19). The monoisotopic (exact) mass is 273 g/mol. The molecule has 20 heavy (non-hydrogen) atoms. The van der Waals surface area contributed by atoms with E-state index >= 15 is 0 Å². The summed E-state index contributed by atoms with van der Waals surface area (Å²) in [4.78, 5) is 12.1. The molecule has 2 rings (SSSR count). The van der Waals surface area contributed by atoms with Crippen molar-refractivity contribution in [1.29, 1.82) is 0 Å². The van der Waals surface area contributed by atoms with Gasteiger partial charge in [-0.2, -0.15) is 0 Å². The van der Waals surface area contributed by atoms with Crippen LogP contribution in [0.5, 0.6) is 0 Å². The number of nitrogens with zero attached hydrogens (tertiary/aromatic N) is 1. The quantitative estimate of drug-likeness (QED) is 0.837. The molecule has 0 saturated heterocycles. The lowest BCUT2D eigenvalue weighted by Gasteiger charge is -2.14. The van der Waals surface area contributed by atoms with E-state index in [2.05, 4.69) is 10.5 Å². The van der Waals surface area contributed by atoms with Crippen molar-refractivity contribution in [2.75, 3.05) is 5.73 Å². The Balaban J connectivity index is 2.01. The molecular formula is C15H19N3O2. The molecule has 5 nitrogen and oxygen atoms in total. The fraction of sp³-hybridized carbons (Fsp3) is 0.333. The van der Waals surface area contributed by atoms with Gasteiger partial charge in [0.15, 0.2) is 0 Å². The van der Waals surface area contributed by atoms with E-state index in [0.717, 1.165) is 17.0 Å². The second kappa shape index (κ2) is 5.77. The Morgan fingerprint density at radius 1 is 1.45 bits per heavy atom. The van der Waals surface area contributed by atoms with E-state index < -0.39 is 0 Å². The fourth-order valence-corrected chi connectivity index (χ4v) is 2.14. The predicted octanol–water partition coefficient (Wildman–Crippen LogP) is 2.23. The molecule has 3 N–H and O–H groups in total. The Morgan fingerprint density at radius 2 is 2.20 bits per heavy atom. The second-order valence-corrected chi connectivity index (χ2v) is 5.01. The van der Waals surface area contributed by atoms with Crippen LogP contribution in [-0.2, 0) is 6.42 Å². The SMILES string of the molecule is Cc1noc(C)c1CC(C)NC(=O)c1cccc(N)c1. The molecule has 2 aromatic rings. The summed E-state index contributed by atoms with van der Waals surface area (Å²) >= 11 is 0. The lowest BCUT2D eigenvalue weighted by atomic mass is 10.1. The van der Waals surface area contributed by atoms with Gasteiger partial charge in [0.05, 0.1) is 5.69 Å². The van der Waals surface area contributed by atoms with Gasteiger partial charge in [0, 0.05) is 22.9 Å². The number of hydrogen-bond acceptors (Lipinski definition) is 4. The molecule has 0 spiro atoms. The maximum Gasteiger partial charge on any atom is 0.251 e. The van der Waals surface area contributed by atoms with Crippen LogP contribution in [0.15, 0.2) is 28.8 Å². The highest BCUT2D eigenvalue weighted by molar-refractivity contribution is 5.95. The lowest BCUT2D eigenvalue weighted by Crippen LogP contribution is -2.34. The Bertz CT molecular complexity index is 600. The number of nitrogens with two attached hydrogens (primary N) is 1. The van der Waals surface area contributed by atoms with Crippen LogP contribution < -0.4 is 11.1 Å². The largest absolute Gasteiger partial charge is 0.399 e. The van der Waals surface area contributed by atoms with Crippen molar-refractivity contribution < 1.29 is 9.32 Å². The fourth-order valence-electron chi connectivity index (χ4n) is 2.14. The maximum absolute atomic E-state index is 12.1. The summed E-state index contributed by atoms with van der Waals surface area (Å²) < 4.78 is 5.12. The molecule has 1 unspecified atom stereocenters. The Labute approximate surface area is 118 Å². The van der Waals surface area contributed by atoms with E-state index in [4.69, 9.17) is 10.3 Å². The van der Waals surface area contributed by atoms with Crippen molar-refractivity contribution >= 4 is 11.6 Å². The molecule has 106 valence electrons. The second-order valence-electron chi connectivity index (χ2n) is 5.01. The highest BCUT2D eigenvalue weighted by atomic mass is 16.5. The number of carbonyl (C=O) groups is 1. The first-order valence-corrected chi connectivity index (χ1v) is 6.55. The van der Waals surface area contributed by atoms with Crippen LogP contribution in [0.25, 0.3) is 0 Å². The molecule has 1 amide bonds. The van der Waals surface area contributed by atoms with E-state index in [0.29, 0.717) is 17.7 Å². The predicted molar refractivity (Wildman–Crippen MR) is 77.5 cm³/mol. The van der Waals surface area contributed by atoms with Gasteiger partial charge in [0.1, 0.15) is 5.76 Å². The van der Waals surface area contributed by atoms with Crippen molar-refractivity contribution in [3.05, 3.63) is 46.8 Å². The van der Waals surface area contributed by atoms with Gasteiger partial charge >= 0.3 is 0 Å². The Kier molecular flexibility index (Phi) is 4.08. The highest BCUT2D eigenvalue weighted by Gasteiger charge is 2.15. The van der Waals surface area contributed by atoms with Crippen LogP contribution >= 0.6 is 0 Å². The summed E-state index contributed by atoms with van der Waals surface area (Å²) in [5.74, 6) is 0.670. The van der Waals surface area contributed by atoms with Gasteiger partial charge in [0.2, 0.25) is 0 Å². The molecular weight excluding hydrogens is 254 g/mol. The molecule has 1 aromatic carbocycles. The average Bonchev–Trinajstić information content (AvgIpc) is 2.70. The summed E-state index contributed by atoms with van der Waals surface area (Å²) in [5, 5.41) is 6.87. The third-order valence-corrected chi connectivity index (χ3v) is 3.22. The summed E-state index contributed by atoms with van der Waals surface area (Å²) in [6, 6.07) is 6.92. The molecule has 5 heteroatoms. The number of rotatable bonds is 4. The zero-order valence-corrected chi connectivity index (χ0v) is 11.9. The minimum absolute atomic E-state index is 0.0132. The van der Waals surface area contributed by atoms with E-state index in [1.54, 1.807) is 24.3 Å². The third kappa shape index (κ3) is 3.17. The van der Waals surface area contributed by atoms with Crippen LogP contribution in [0, 0.1) is 13.8 Å². The smallest absolute Gasteiger partial charge is 0.251 e. The zero-order chi connectivity index (χ0) is 14.7. The van der Waals surface area contributed by atoms with Crippen molar-refractivity contribution in [2.24, 2.45) is 0 Å². The van der Waals surface area contributed by atoms with Crippen LogP contribution in [0.4, 0.5) is 5.69 Å². The molecule has 0 aliphatic rings. The number of aryl methyl sites for hydroxylation is 2. The average molecular weight is 273 g/mol. The molecule has 1 atom stereocenters. The van der Waals surface area contributed by atoms with E-state index in [9.17, 15) is 4.79 Å². The number of benzene rings is 1. The summed E-state index contributed by atoms with van der Waals surface area (Å²) in [6.07, 6.45) is 0.690. The minimum atomic E-state index is -0.128. The number of nitrogen functional groups attached to an aromatic ring is 1. The van der Waals surface area contributed by atoms with Gasteiger partial charge in [-0.3, -0.25) is 4.79 Å². The van der Waals surface area contributed by atoms with Gasteiger partial charge in [-0.25, -0.2) is 0 Å². The normalized spacial score (nSPS) is 12.2. The van der Waals surface area contributed by atoms with Crippen molar-refractivity contribution in [3.8, 4) is 0 Å². The summed E-state index contributed by atoms with van der Waals surface area (Å²) in [6.45, 7) is 5.73. The van der Waals surface area contributed by atoms with Crippen molar-refractivity contribution in [2.45, 2.75) is 33.2 Å². The van der Waals surface area contributed by atoms with Gasteiger partial charge in [-0.1, -0.05) is 11.2 Å². The molecule has 0 aliphatic heterocycles. The number of carbonyl (C=O) groups excluding carboxylic acids is 1. The zero-order valence-electron chi connectivity index (χ0n) is 11.9.